The van der Waals surface area contributed by atoms with Crippen LogP contribution in [0.25, 0.3) is 0 Å². The zero-order chi connectivity index (χ0) is 9.14. The van der Waals surface area contributed by atoms with E-state index in [9.17, 15) is 9.59 Å². The lowest BCUT2D eigenvalue weighted by Gasteiger charge is -2.11. The van der Waals surface area contributed by atoms with Gasteiger partial charge in [0.2, 0.25) is 0 Å². The molecule has 0 aromatic rings. The number of carbonyl (C=O) groups is 2. The maximum Gasteiger partial charge on any atom is 0.253 e. The van der Waals surface area contributed by atoms with Crippen LogP contribution in [0.4, 0.5) is 0 Å². The van der Waals surface area contributed by atoms with Crippen LogP contribution in [-0.4, -0.2) is 29.8 Å². The van der Waals surface area contributed by atoms with E-state index in [0.717, 1.165) is 11.0 Å². The summed E-state index contributed by atoms with van der Waals surface area (Å²) in [6.07, 6.45) is 1.61. The highest BCUT2D eigenvalue weighted by atomic mass is 16.2. The van der Waals surface area contributed by atoms with E-state index < -0.39 is 11.8 Å². The van der Waals surface area contributed by atoms with E-state index in [4.69, 9.17) is 7.10 Å². The van der Waals surface area contributed by atoms with Crippen molar-refractivity contribution >= 4 is 11.8 Å². The highest BCUT2D eigenvalue weighted by Gasteiger charge is 2.21. The summed E-state index contributed by atoms with van der Waals surface area (Å²) < 4.78 is 7.05. The average Bonchev–Trinajstić information content (AvgIpc) is 2.25. The molecule has 1 aliphatic rings. The van der Waals surface area contributed by atoms with Crippen molar-refractivity contribution in [2.75, 3.05) is 13.1 Å². The standard InChI is InChI=1S/C7H10N2O2/c8-4-1-5-9-6(10)2-3-7(9)11/h2-3H,1,4-5,8H2/i2D. The number of imide groups is 1. The quantitative estimate of drug-likeness (QED) is 0.546. The van der Waals surface area contributed by atoms with Gasteiger partial charge in [-0.1, -0.05) is 0 Å². The van der Waals surface area contributed by atoms with Gasteiger partial charge in [-0.15, -0.1) is 0 Å². The monoisotopic (exact) mass is 155 g/mol. The first kappa shape index (κ1) is 6.54. The van der Waals surface area contributed by atoms with Gasteiger partial charge in [0.05, 0.1) is 1.37 Å². The van der Waals surface area contributed by atoms with Crippen molar-refractivity contribution in [1.29, 1.82) is 0 Å². The van der Waals surface area contributed by atoms with Gasteiger partial charge in [0.25, 0.3) is 11.8 Å². The fourth-order valence-corrected chi connectivity index (χ4v) is 0.841. The fraction of sp³-hybridized carbons (Fsp3) is 0.429. The molecule has 0 saturated heterocycles. The van der Waals surface area contributed by atoms with Crippen LogP contribution in [0.15, 0.2) is 12.1 Å². The van der Waals surface area contributed by atoms with Gasteiger partial charge in [0.1, 0.15) is 0 Å². The number of nitrogens with zero attached hydrogens (tertiary/aromatic N) is 1. The van der Waals surface area contributed by atoms with E-state index in [1.165, 1.54) is 0 Å². The highest BCUT2D eigenvalue weighted by Crippen LogP contribution is 2.02. The molecular formula is C7H10N2O2. The van der Waals surface area contributed by atoms with E-state index in [2.05, 4.69) is 0 Å². The van der Waals surface area contributed by atoms with Gasteiger partial charge >= 0.3 is 0 Å². The Morgan fingerprint density at radius 1 is 1.55 bits per heavy atom. The molecule has 11 heavy (non-hydrogen) atoms. The normalized spacial score (nSPS) is 18.8. The van der Waals surface area contributed by atoms with Crippen LogP contribution in [0.3, 0.4) is 0 Å². The van der Waals surface area contributed by atoms with Gasteiger partial charge in [-0.05, 0) is 13.0 Å². The molecule has 4 nitrogen and oxygen atoms in total. The molecular weight excluding hydrogens is 144 g/mol. The zero-order valence-corrected chi connectivity index (χ0v) is 6.04. The van der Waals surface area contributed by atoms with Crippen LogP contribution in [0, 0.1) is 0 Å². The van der Waals surface area contributed by atoms with Gasteiger partial charge in [-0.25, -0.2) is 0 Å². The van der Waals surface area contributed by atoms with Crippen LogP contribution in [0.2, 0.25) is 0 Å². The van der Waals surface area contributed by atoms with Gasteiger partial charge in [0, 0.05) is 18.7 Å². The number of amides is 2. The lowest BCUT2D eigenvalue weighted by molar-refractivity contribution is -0.136. The van der Waals surface area contributed by atoms with Crippen LogP contribution in [0.5, 0.6) is 0 Å². The molecule has 4 heteroatoms. The Morgan fingerprint density at radius 3 is 2.73 bits per heavy atom. The topological polar surface area (TPSA) is 63.4 Å². The van der Waals surface area contributed by atoms with Crippen molar-refractivity contribution in [2.45, 2.75) is 6.42 Å². The maximum absolute atomic E-state index is 11.0. The summed E-state index contributed by atoms with van der Waals surface area (Å²) in [6, 6.07) is -0.239. The summed E-state index contributed by atoms with van der Waals surface area (Å²) in [5, 5.41) is 0. The Hall–Kier alpha value is -1.16. The summed E-state index contributed by atoms with van der Waals surface area (Å²) in [7, 11) is 0. The lowest BCUT2D eigenvalue weighted by atomic mass is 10.4. The first-order valence-corrected chi connectivity index (χ1v) is 3.41. The Labute approximate surface area is 66.1 Å². The number of carbonyl (C=O) groups excluding carboxylic acids is 2. The molecule has 0 fully saturated rings. The summed E-state index contributed by atoms with van der Waals surface area (Å²) in [4.78, 5) is 23.0. The summed E-state index contributed by atoms with van der Waals surface area (Å²) >= 11 is 0. The zero-order valence-electron chi connectivity index (χ0n) is 7.04. The molecule has 0 aromatic heterocycles. The second-order valence-corrected chi connectivity index (χ2v) is 2.23. The Balaban J connectivity index is 2.58. The van der Waals surface area contributed by atoms with Gasteiger partial charge < -0.3 is 5.73 Å². The molecule has 0 saturated carbocycles. The Kier molecular flexibility index (Phi) is 1.96. The average molecular weight is 155 g/mol. The summed E-state index contributed by atoms with van der Waals surface area (Å²) in [5.41, 5.74) is 5.22. The molecule has 0 atom stereocenters. The van der Waals surface area contributed by atoms with E-state index in [1.54, 1.807) is 0 Å². The fourth-order valence-electron chi connectivity index (χ4n) is 0.841. The van der Waals surface area contributed by atoms with E-state index in [-0.39, 0.29) is 6.05 Å². The minimum Gasteiger partial charge on any atom is -0.330 e. The molecule has 1 aliphatic heterocycles. The first-order valence-electron chi connectivity index (χ1n) is 3.91. The van der Waals surface area contributed by atoms with E-state index >= 15 is 0 Å². The predicted octanol–water partition coefficient (Wildman–Crippen LogP) is -0.740. The van der Waals surface area contributed by atoms with Crippen LogP contribution >= 0.6 is 0 Å². The molecule has 0 spiro atoms. The summed E-state index contributed by atoms with van der Waals surface area (Å²) in [5.74, 6) is -0.924. The van der Waals surface area contributed by atoms with Crippen molar-refractivity contribution < 1.29 is 11.0 Å². The largest absolute Gasteiger partial charge is 0.330 e. The molecule has 0 bridgehead atoms. The van der Waals surface area contributed by atoms with E-state index in [0.29, 0.717) is 19.5 Å². The van der Waals surface area contributed by atoms with Crippen LogP contribution < -0.4 is 5.73 Å². The number of rotatable bonds is 3. The minimum absolute atomic E-state index is 0.239. The minimum atomic E-state index is -0.520. The molecule has 0 radical (unpaired) electrons. The molecule has 1 rings (SSSR count). The molecule has 60 valence electrons. The number of nitrogens with two attached hydrogens (primary N) is 1. The number of hydrogen-bond acceptors (Lipinski definition) is 3. The molecule has 2 N–H and O–H groups in total. The SMILES string of the molecule is [2H]C1=CC(=O)N(CCCN)C1=O. The third kappa shape index (κ3) is 1.65. The predicted molar refractivity (Wildman–Crippen MR) is 39.5 cm³/mol. The third-order valence-corrected chi connectivity index (χ3v) is 1.42. The van der Waals surface area contributed by atoms with Crippen molar-refractivity contribution in [3.63, 3.8) is 0 Å². The summed E-state index contributed by atoms with van der Waals surface area (Å²) in [6.45, 7) is 0.747. The molecule has 0 aliphatic carbocycles. The van der Waals surface area contributed by atoms with Gasteiger partial charge in [-0.2, -0.15) is 0 Å². The second-order valence-electron chi connectivity index (χ2n) is 2.23. The van der Waals surface area contributed by atoms with Crippen molar-refractivity contribution in [2.24, 2.45) is 5.73 Å². The molecule has 0 aromatic carbocycles. The maximum atomic E-state index is 11.0. The van der Waals surface area contributed by atoms with Crippen molar-refractivity contribution in [3.8, 4) is 0 Å². The van der Waals surface area contributed by atoms with Gasteiger partial charge in [-0.3, -0.25) is 14.5 Å². The van der Waals surface area contributed by atoms with Crippen molar-refractivity contribution in [3.05, 3.63) is 12.1 Å². The van der Waals surface area contributed by atoms with Crippen molar-refractivity contribution in [1.82, 2.24) is 4.90 Å². The van der Waals surface area contributed by atoms with E-state index in [1.807, 2.05) is 0 Å². The third-order valence-electron chi connectivity index (χ3n) is 1.42. The van der Waals surface area contributed by atoms with Crippen LogP contribution in [-0.2, 0) is 9.59 Å². The smallest absolute Gasteiger partial charge is 0.253 e. The van der Waals surface area contributed by atoms with Gasteiger partial charge in [0.15, 0.2) is 0 Å². The Morgan fingerprint density at radius 2 is 2.27 bits per heavy atom. The lowest BCUT2D eigenvalue weighted by Crippen LogP contribution is -2.31. The number of hydrogen-bond donors (Lipinski definition) is 1. The highest BCUT2D eigenvalue weighted by molar-refractivity contribution is 6.12. The Bertz CT molecular complexity index is 250. The second kappa shape index (κ2) is 3.30. The van der Waals surface area contributed by atoms with Crippen LogP contribution in [0.1, 0.15) is 7.79 Å². The molecule has 1 heterocycles. The molecule has 0 unspecified atom stereocenters. The first-order chi connectivity index (χ1) is 5.66. The molecule has 2 amide bonds.